The van der Waals surface area contributed by atoms with E-state index >= 15 is 0 Å². The molecule has 1 unspecified atom stereocenters. The van der Waals surface area contributed by atoms with Crippen molar-refractivity contribution >= 4 is 22.6 Å². The first-order chi connectivity index (χ1) is 40.0. The molecule has 5 aliphatic rings. The van der Waals surface area contributed by atoms with Crippen LogP contribution in [-0.2, 0) is 73.2 Å². The van der Waals surface area contributed by atoms with E-state index in [1.807, 2.05) is 84.9 Å². The maximum Gasteiger partial charge on any atom is 0.305 e. The highest BCUT2D eigenvalue weighted by atomic mass is 28.4. The van der Waals surface area contributed by atoms with Crippen LogP contribution < -0.4 is 0 Å². The molecule has 4 aromatic rings. The van der Waals surface area contributed by atoms with Crippen molar-refractivity contribution in [1.82, 2.24) is 0 Å². The van der Waals surface area contributed by atoms with E-state index in [4.69, 9.17) is 42.0 Å². The molecular formula is C72H106O10Si2. The third-order valence-corrected chi connectivity index (χ3v) is 31.2. The summed E-state index contributed by atoms with van der Waals surface area (Å²) in [6.45, 7) is 33.7. The molecule has 1 aliphatic heterocycles. The highest BCUT2D eigenvalue weighted by Gasteiger charge is 2.64. The third-order valence-electron chi connectivity index (χ3n) is 22.2. The lowest BCUT2D eigenvalue weighted by Gasteiger charge is -2.64. The number of carbonyl (C=O) groups is 1. The molecule has 84 heavy (non-hydrogen) atoms. The summed E-state index contributed by atoms with van der Waals surface area (Å²) in [7, 11) is -3.97. The van der Waals surface area contributed by atoms with Gasteiger partial charge in [-0.25, -0.2) is 0 Å². The Morgan fingerprint density at radius 2 is 1.08 bits per heavy atom. The summed E-state index contributed by atoms with van der Waals surface area (Å²) in [6, 6.07) is 40.5. The van der Waals surface area contributed by atoms with Gasteiger partial charge in [-0.2, -0.15) is 0 Å². The highest BCUT2D eigenvalue weighted by Crippen LogP contribution is 2.69. The zero-order chi connectivity index (χ0) is 59.9. The fourth-order valence-electron chi connectivity index (χ4n) is 15.3. The van der Waals surface area contributed by atoms with E-state index in [-0.39, 0.29) is 47.4 Å². The first kappa shape index (κ1) is 64.9. The second-order valence-electron chi connectivity index (χ2n) is 29.6. The maximum absolute atomic E-state index is 13.8. The second kappa shape index (κ2) is 27.9. The van der Waals surface area contributed by atoms with Gasteiger partial charge in [-0.3, -0.25) is 4.79 Å². The fourth-order valence-corrected chi connectivity index (χ4v) is 18.1. The molecule has 0 N–H and O–H groups in total. The lowest BCUT2D eigenvalue weighted by atomic mass is 9.43. The Kier molecular flexibility index (Phi) is 21.5. The summed E-state index contributed by atoms with van der Waals surface area (Å²) in [5, 5.41) is 0.342. The van der Waals surface area contributed by atoms with Crippen LogP contribution in [0.4, 0.5) is 0 Å². The van der Waals surface area contributed by atoms with Crippen LogP contribution in [0.3, 0.4) is 0 Å². The molecule has 5 fully saturated rings. The number of hydrogen-bond donors (Lipinski definition) is 0. The predicted octanol–water partition coefficient (Wildman–Crippen LogP) is 16.7. The first-order valence-electron chi connectivity index (χ1n) is 32.3. The van der Waals surface area contributed by atoms with Crippen molar-refractivity contribution in [3.05, 3.63) is 144 Å². The number of hydrogen-bond acceptors (Lipinski definition) is 10. The maximum atomic E-state index is 13.8. The van der Waals surface area contributed by atoms with Gasteiger partial charge in [0.25, 0.3) is 0 Å². The van der Waals surface area contributed by atoms with Gasteiger partial charge in [0.15, 0.2) is 22.9 Å². The number of esters is 1. The standard InChI is InChI=1S/C72H106O10Si2/c1-51(58-35-36-59-64-60(39-41-72(58,59)9)71(8)40-38-57(81-83(10,11)69(2,3)4)44-56(71)45-61(64)82-84(12,13)70(5,6)7)34-37-63(73)75-42-43-76-68-67(79-49-55-32-24-17-25-33-55)66(78-48-54-30-22-16-23-31-54)65(77-47-53-28-20-15-21-29-53)62(80-68)50-74-46-52-26-18-14-19-27-52/h14-33,51,56-62,64-68H,34-50H2,1-13H3/t51-,56-,57+,58+,59-,60-,61-,62+,64-,65+,66-,67+,68?,71-,72+/m0/s1. The molecule has 462 valence electrons. The zero-order valence-corrected chi connectivity index (χ0v) is 55.7. The first-order valence-corrected chi connectivity index (χ1v) is 38.1. The highest BCUT2D eigenvalue weighted by molar-refractivity contribution is 6.74. The number of rotatable bonds is 25. The van der Waals surface area contributed by atoms with Crippen molar-refractivity contribution in [1.29, 1.82) is 0 Å². The molecule has 10 nitrogen and oxygen atoms in total. The van der Waals surface area contributed by atoms with Crippen LogP contribution in [-0.4, -0.2) is 85.3 Å². The van der Waals surface area contributed by atoms with Gasteiger partial charge in [0.2, 0.25) is 0 Å². The molecule has 4 saturated carbocycles. The second-order valence-corrected chi connectivity index (χ2v) is 39.1. The van der Waals surface area contributed by atoms with Crippen LogP contribution in [0.1, 0.15) is 149 Å². The topological polar surface area (TPSA) is 100 Å². The van der Waals surface area contributed by atoms with E-state index in [1.54, 1.807) is 0 Å². The Labute approximate surface area is 508 Å². The lowest BCUT2D eigenvalue weighted by Crippen LogP contribution is -2.62. The SMILES string of the molecule is C[C@@H](CCC(=O)OCCOC1O[C@H](COCc2ccccc2)[C@@H](OCc2ccccc2)[C@H](OCc2ccccc2)[C@H]1OCc1ccccc1)[C@H]1CC[C@H]2[C@@H]3[C@@H](O[Si](C)(C)C(C)(C)C)C[C@@H]4C[C@H](O[Si](C)(C)C(C)(C)C)CC[C@]4(C)[C@H]3CC[C@]12C. The van der Waals surface area contributed by atoms with Crippen molar-refractivity contribution < 1.29 is 46.8 Å². The number of fused-ring (bicyclic) bond motifs is 5. The quantitative estimate of drug-likeness (QED) is 0.0362. The summed E-state index contributed by atoms with van der Waals surface area (Å²) in [5.74, 6) is 3.20. The molecule has 0 bridgehead atoms. The van der Waals surface area contributed by atoms with Crippen LogP contribution in [0.25, 0.3) is 0 Å². The van der Waals surface area contributed by atoms with Crippen molar-refractivity contribution in [2.24, 2.45) is 46.3 Å². The number of benzene rings is 4. The molecule has 0 spiro atoms. The van der Waals surface area contributed by atoms with Gasteiger partial charge < -0.3 is 42.0 Å². The van der Waals surface area contributed by atoms with Crippen molar-refractivity contribution in [2.45, 2.75) is 232 Å². The van der Waals surface area contributed by atoms with Crippen LogP contribution in [0.2, 0.25) is 36.3 Å². The van der Waals surface area contributed by atoms with E-state index in [1.165, 1.54) is 44.9 Å². The molecule has 1 saturated heterocycles. The number of ether oxygens (including phenoxy) is 7. The molecule has 4 aliphatic carbocycles. The summed E-state index contributed by atoms with van der Waals surface area (Å²) >= 11 is 0. The van der Waals surface area contributed by atoms with Crippen molar-refractivity contribution in [3.8, 4) is 0 Å². The minimum atomic E-state index is -2.07. The van der Waals surface area contributed by atoms with Crippen LogP contribution in [0.5, 0.6) is 0 Å². The third kappa shape index (κ3) is 15.5. The van der Waals surface area contributed by atoms with Gasteiger partial charge >= 0.3 is 5.97 Å². The Balaban J connectivity index is 0.858. The minimum absolute atomic E-state index is 0.0853. The van der Waals surface area contributed by atoms with Crippen molar-refractivity contribution in [2.75, 3.05) is 19.8 Å². The molecule has 0 amide bonds. The number of carbonyl (C=O) groups excluding carboxylic acids is 1. The van der Waals surface area contributed by atoms with Crippen LogP contribution >= 0.6 is 0 Å². The van der Waals surface area contributed by atoms with Crippen LogP contribution in [0, 0.1) is 46.3 Å². The molecule has 0 radical (unpaired) electrons. The van der Waals surface area contributed by atoms with Gasteiger partial charge in [-0.15, -0.1) is 0 Å². The van der Waals surface area contributed by atoms with E-state index in [2.05, 4.69) is 125 Å². The fraction of sp³-hybridized carbons (Fsp3) is 0.653. The largest absolute Gasteiger partial charge is 0.463 e. The summed E-state index contributed by atoms with van der Waals surface area (Å²) in [6.07, 6.45) is 8.17. The Morgan fingerprint density at radius 1 is 0.583 bits per heavy atom. The van der Waals surface area contributed by atoms with E-state index in [0.29, 0.717) is 79.9 Å². The molecule has 12 heteroatoms. The van der Waals surface area contributed by atoms with Gasteiger partial charge in [0.1, 0.15) is 31.0 Å². The molecule has 0 aromatic heterocycles. The molecular weight excluding hydrogens is 1080 g/mol. The van der Waals surface area contributed by atoms with Gasteiger partial charge in [0.05, 0.1) is 39.6 Å². The average Bonchev–Trinajstić information content (AvgIpc) is 1.32. The van der Waals surface area contributed by atoms with Crippen molar-refractivity contribution in [3.63, 3.8) is 0 Å². The van der Waals surface area contributed by atoms with E-state index in [0.717, 1.165) is 35.1 Å². The monoisotopic (exact) mass is 1190 g/mol. The van der Waals surface area contributed by atoms with Gasteiger partial charge in [0, 0.05) is 18.6 Å². The van der Waals surface area contributed by atoms with Gasteiger partial charge in [-0.1, -0.05) is 184 Å². The summed E-state index contributed by atoms with van der Waals surface area (Å²) < 4.78 is 61.6. The van der Waals surface area contributed by atoms with Gasteiger partial charge in [-0.05, 0) is 163 Å². The zero-order valence-electron chi connectivity index (χ0n) is 53.7. The molecule has 4 aromatic carbocycles. The normalized spacial score (nSPS) is 31.3. The van der Waals surface area contributed by atoms with Crippen LogP contribution in [0.15, 0.2) is 121 Å². The van der Waals surface area contributed by atoms with E-state index < -0.39 is 47.3 Å². The Bertz CT molecular complexity index is 2640. The average molecular weight is 1190 g/mol. The molecule has 9 rings (SSSR count). The lowest BCUT2D eigenvalue weighted by molar-refractivity contribution is -0.329. The Hall–Kier alpha value is -3.54. The summed E-state index contributed by atoms with van der Waals surface area (Å²) in [5.41, 5.74) is 4.63. The molecule has 1 heterocycles. The minimum Gasteiger partial charge on any atom is -0.463 e. The molecule has 15 atom stereocenters. The smallest absolute Gasteiger partial charge is 0.305 e. The summed E-state index contributed by atoms with van der Waals surface area (Å²) in [4.78, 5) is 13.8. The predicted molar refractivity (Wildman–Crippen MR) is 340 cm³/mol. The van der Waals surface area contributed by atoms with E-state index in [9.17, 15) is 4.79 Å². The Morgan fingerprint density at radius 3 is 1.64 bits per heavy atom.